The first-order chi connectivity index (χ1) is 26.3. The Hall–Kier alpha value is -6.62. The van der Waals surface area contributed by atoms with Crippen molar-refractivity contribution >= 4 is 81.8 Å². The van der Waals surface area contributed by atoms with E-state index >= 15 is 0 Å². The quantitative estimate of drug-likeness (QED) is 0.194. The first kappa shape index (κ1) is 29.0. The van der Waals surface area contributed by atoms with Crippen LogP contribution in [0.5, 0.6) is 0 Å². The smallest absolute Gasteiger partial charge is 0.0782 e. The Morgan fingerprint density at radius 2 is 1.04 bits per heavy atom. The summed E-state index contributed by atoms with van der Waals surface area (Å²) in [7, 11) is 0. The van der Waals surface area contributed by atoms with Crippen molar-refractivity contribution in [1.82, 2.24) is 4.57 Å². The Morgan fingerprint density at radius 3 is 1.85 bits per heavy atom. The van der Waals surface area contributed by atoms with E-state index < -0.39 is 5.41 Å². The number of hydrogen-bond acceptors (Lipinski definition) is 3. The van der Waals surface area contributed by atoms with Crippen LogP contribution in [0.4, 0.5) is 28.4 Å². The van der Waals surface area contributed by atoms with Crippen LogP contribution in [0, 0.1) is 0 Å². The first-order valence-corrected chi connectivity index (χ1v) is 19.0. The molecule has 10 aromatic rings. The van der Waals surface area contributed by atoms with Gasteiger partial charge in [-0.15, -0.1) is 11.3 Å². The Labute approximate surface area is 310 Å². The lowest BCUT2D eigenvalue weighted by Gasteiger charge is -2.49. The summed E-state index contributed by atoms with van der Waals surface area (Å²) < 4.78 is 5.10. The molecule has 8 aromatic carbocycles. The second kappa shape index (κ2) is 10.7. The highest BCUT2D eigenvalue weighted by atomic mass is 32.1. The zero-order chi connectivity index (χ0) is 34.7. The minimum Gasteiger partial charge on any atom is -0.355 e. The van der Waals surface area contributed by atoms with Crippen LogP contribution in [0.2, 0.25) is 0 Å². The number of hydrogen-bond donors (Lipinski definition) is 1. The predicted octanol–water partition coefficient (Wildman–Crippen LogP) is 13.4. The molecule has 4 heterocycles. The van der Waals surface area contributed by atoms with E-state index in [0.717, 1.165) is 17.1 Å². The van der Waals surface area contributed by atoms with Crippen molar-refractivity contribution < 1.29 is 0 Å². The molecule has 0 saturated carbocycles. The van der Waals surface area contributed by atoms with Gasteiger partial charge >= 0.3 is 0 Å². The summed E-state index contributed by atoms with van der Waals surface area (Å²) in [5.74, 6) is 0. The Kier molecular flexibility index (Phi) is 5.86. The first-order valence-electron chi connectivity index (χ1n) is 18.2. The monoisotopic (exact) mass is 693 g/mol. The maximum absolute atomic E-state index is 3.96. The summed E-state index contributed by atoms with van der Waals surface area (Å²) >= 11 is 1.86. The molecule has 0 amide bonds. The molecule has 0 radical (unpaired) electrons. The number of rotatable bonds is 2. The van der Waals surface area contributed by atoms with Crippen LogP contribution < -0.4 is 10.2 Å². The van der Waals surface area contributed by atoms with Crippen LogP contribution in [0.15, 0.2) is 182 Å². The molecule has 0 unspecified atom stereocenters. The highest BCUT2D eigenvalue weighted by Gasteiger charge is 2.50. The molecule has 248 valence electrons. The van der Waals surface area contributed by atoms with Gasteiger partial charge in [-0.3, -0.25) is 0 Å². The standard InChI is InChI=1S/C49H31N3S/c1-2-14-31(15-3-1)51-44-23-11-7-19-38(44)49(39-20-8-12-24-45(39)51)37-18-6-9-21-41(37)50-42-30-46-35(29-40(42)49)33-16-4-10-22-43(33)52(46)32-26-27-48-36(28-32)34-17-5-13-25-47(34)53-48/h1-30,50H. The summed E-state index contributed by atoms with van der Waals surface area (Å²) in [5, 5.41) is 9.06. The summed E-state index contributed by atoms with van der Waals surface area (Å²) in [6, 6.07) is 67.3. The SMILES string of the molecule is c1ccc(N2c3ccccc3C3(c4ccccc4Nc4cc5c(cc43)c3ccccc3n5-c3ccc4sc5ccccc5c4c3)c3ccccc32)cc1. The number of benzene rings is 8. The van der Waals surface area contributed by atoms with Crippen LogP contribution in [0.25, 0.3) is 47.7 Å². The van der Waals surface area contributed by atoms with Crippen molar-refractivity contribution in [3.8, 4) is 5.69 Å². The van der Waals surface area contributed by atoms with Crippen LogP contribution in [-0.4, -0.2) is 4.57 Å². The minimum atomic E-state index is -0.568. The van der Waals surface area contributed by atoms with Crippen molar-refractivity contribution in [2.75, 3.05) is 10.2 Å². The number of thiophene rings is 1. The van der Waals surface area contributed by atoms with E-state index in [2.05, 4.69) is 197 Å². The van der Waals surface area contributed by atoms with Gasteiger partial charge in [-0.05, 0) is 95.1 Å². The maximum Gasteiger partial charge on any atom is 0.0782 e. The van der Waals surface area contributed by atoms with Gasteiger partial charge in [-0.2, -0.15) is 0 Å². The predicted molar refractivity (Wildman–Crippen MR) is 224 cm³/mol. The molecule has 2 aliphatic heterocycles. The number of anilines is 5. The lowest BCUT2D eigenvalue weighted by atomic mass is 9.60. The van der Waals surface area contributed by atoms with E-state index in [0.29, 0.717) is 0 Å². The van der Waals surface area contributed by atoms with Gasteiger partial charge in [0.25, 0.3) is 0 Å². The molecule has 53 heavy (non-hydrogen) atoms. The molecular formula is C49H31N3S. The third-order valence-electron chi connectivity index (χ3n) is 11.5. The van der Waals surface area contributed by atoms with Crippen LogP contribution >= 0.6 is 11.3 Å². The van der Waals surface area contributed by atoms with E-state index in [1.807, 2.05) is 11.3 Å². The maximum atomic E-state index is 3.96. The zero-order valence-electron chi connectivity index (χ0n) is 28.6. The van der Waals surface area contributed by atoms with E-state index in [9.17, 15) is 0 Å². The number of aromatic nitrogens is 1. The second-order valence-electron chi connectivity index (χ2n) is 14.2. The molecule has 1 N–H and O–H groups in total. The summed E-state index contributed by atoms with van der Waals surface area (Å²) in [4.78, 5) is 2.44. The van der Waals surface area contributed by atoms with Crippen molar-refractivity contribution in [1.29, 1.82) is 0 Å². The zero-order valence-corrected chi connectivity index (χ0v) is 29.4. The van der Waals surface area contributed by atoms with Gasteiger partial charge in [0.2, 0.25) is 0 Å². The van der Waals surface area contributed by atoms with Gasteiger partial charge in [0.1, 0.15) is 0 Å². The average Bonchev–Trinajstić information content (AvgIpc) is 3.75. The Balaban J connectivity index is 1.20. The van der Waals surface area contributed by atoms with Crippen molar-refractivity contribution in [3.05, 3.63) is 204 Å². The Morgan fingerprint density at radius 1 is 0.396 bits per heavy atom. The summed E-state index contributed by atoms with van der Waals surface area (Å²) in [5.41, 5.74) is 13.9. The number of nitrogens with zero attached hydrogens (tertiary/aromatic N) is 2. The fraction of sp³-hybridized carbons (Fsp3) is 0.0204. The van der Waals surface area contributed by atoms with Crippen LogP contribution in [0.1, 0.15) is 22.3 Å². The van der Waals surface area contributed by atoms with Gasteiger partial charge < -0.3 is 14.8 Å². The molecule has 12 rings (SSSR count). The highest BCUT2D eigenvalue weighted by molar-refractivity contribution is 7.25. The third kappa shape index (κ3) is 3.83. The third-order valence-corrected chi connectivity index (χ3v) is 12.7. The van der Waals surface area contributed by atoms with Crippen LogP contribution in [-0.2, 0) is 5.41 Å². The minimum absolute atomic E-state index is 0.568. The van der Waals surface area contributed by atoms with Gasteiger partial charge in [0, 0.05) is 53.7 Å². The second-order valence-corrected chi connectivity index (χ2v) is 15.3. The summed E-state index contributed by atoms with van der Waals surface area (Å²) in [6.45, 7) is 0. The molecule has 0 atom stereocenters. The normalized spacial score (nSPS) is 13.9. The van der Waals surface area contributed by atoms with Gasteiger partial charge in [-0.1, -0.05) is 109 Å². The molecule has 0 bridgehead atoms. The highest BCUT2D eigenvalue weighted by Crippen LogP contribution is 2.62. The molecule has 2 aliphatic rings. The lowest BCUT2D eigenvalue weighted by molar-refractivity contribution is 0.728. The number of fused-ring (bicyclic) bond motifs is 14. The molecule has 3 nitrogen and oxygen atoms in total. The van der Waals surface area contributed by atoms with Crippen molar-refractivity contribution in [2.45, 2.75) is 5.41 Å². The molecule has 1 spiro atoms. The fourth-order valence-electron chi connectivity index (χ4n) is 9.45. The molecule has 2 aromatic heterocycles. The lowest BCUT2D eigenvalue weighted by Crippen LogP contribution is -2.40. The summed E-state index contributed by atoms with van der Waals surface area (Å²) in [6.07, 6.45) is 0. The van der Waals surface area contributed by atoms with Gasteiger partial charge in [-0.25, -0.2) is 0 Å². The van der Waals surface area contributed by atoms with Gasteiger partial charge in [0.05, 0.1) is 27.8 Å². The molecule has 0 aliphatic carbocycles. The van der Waals surface area contributed by atoms with E-state index in [1.165, 1.54) is 81.3 Å². The molecule has 4 heteroatoms. The number of para-hydroxylation sites is 5. The van der Waals surface area contributed by atoms with Gasteiger partial charge in [0.15, 0.2) is 0 Å². The van der Waals surface area contributed by atoms with E-state index in [-0.39, 0.29) is 0 Å². The van der Waals surface area contributed by atoms with E-state index in [4.69, 9.17) is 0 Å². The average molecular weight is 694 g/mol. The van der Waals surface area contributed by atoms with E-state index in [1.54, 1.807) is 0 Å². The van der Waals surface area contributed by atoms with Crippen molar-refractivity contribution in [3.63, 3.8) is 0 Å². The molecular weight excluding hydrogens is 663 g/mol. The number of nitrogens with one attached hydrogen (secondary N) is 1. The van der Waals surface area contributed by atoms with Crippen LogP contribution in [0.3, 0.4) is 0 Å². The molecule has 0 fully saturated rings. The molecule has 0 saturated heterocycles. The van der Waals surface area contributed by atoms with Crippen molar-refractivity contribution in [2.24, 2.45) is 0 Å². The fourth-order valence-corrected chi connectivity index (χ4v) is 10.5. The topological polar surface area (TPSA) is 20.2 Å². The largest absolute Gasteiger partial charge is 0.355 e. The Bertz CT molecular complexity index is 3070.